The van der Waals surface area contributed by atoms with Crippen molar-refractivity contribution in [3.05, 3.63) is 48.0 Å². The first-order chi connectivity index (χ1) is 12.8. The summed E-state index contributed by atoms with van der Waals surface area (Å²) in [5.74, 6) is 3.03. The number of hydrogen-bond acceptors (Lipinski definition) is 5. The average Bonchev–Trinajstić information content (AvgIpc) is 3.18. The van der Waals surface area contributed by atoms with Crippen LogP contribution in [-0.4, -0.2) is 43.6 Å². The molecule has 26 heavy (non-hydrogen) atoms. The zero-order valence-corrected chi connectivity index (χ0v) is 15.3. The van der Waals surface area contributed by atoms with Crippen LogP contribution in [0.3, 0.4) is 0 Å². The first-order valence-electron chi connectivity index (χ1n) is 8.48. The number of rotatable bonds is 3. The Kier molecular flexibility index (Phi) is 4.79. The third-order valence-corrected chi connectivity index (χ3v) is 5.61. The van der Waals surface area contributed by atoms with Crippen molar-refractivity contribution in [1.29, 1.82) is 0 Å². The zero-order valence-electron chi connectivity index (χ0n) is 14.4. The van der Waals surface area contributed by atoms with E-state index < -0.39 is 0 Å². The van der Waals surface area contributed by atoms with Crippen molar-refractivity contribution in [2.24, 2.45) is 0 Å². The number of carbonyl (C=O) groups excluding carboxylic acids is 1. The highest BCUT2D eigenvalue weighted by Gasteiger charge is 2.32. The summed E-state index contributed by atoms with van der Waals surface area (Å²) in [5.41, 5.74) is 1.70. The third kappa shape index (κ3) is 3.26. The Morgan fingerprint density at radius 3 is 2.85 bits per heavy atom. The van der Waals surface area contributed by atoms with Crippen LogP contribution in [0.4, 0.5) is 10.5 Å². The Balaban J connectivity index is 1.54. The molecule has 1 saturated heterocycles. The minimum Gasteiger partial charge on any atom is -0.495 e. The highest BCUT2D eigenvalue weighted by Crippen LogP contribution is 2.42. The van der Waals surface area contributed by atoms with E-state index in [0.29, 0.717) is 31.2 Å². The lowest BCUT2D eigenvalue weighted by molar-refractivity contribution is 0.171. The number of ether oxygens (including phenoxy) is 3. The Bertz CT molecular complexity index is 814. The molecule has 1 N–H and O–H groups in total. The molecule has 0 saturated carbocycles. The zero-order chi connectivity index (χ0) is 17.9. The average molecular weight is 372 g/mol. The van der Waals surface area contributed by atoms with Gasteiger partial charge in [0.15, 0.2) is 11.5 Å². The minimum atomic E-state index is -0.139. The fourth-order valence-corrected chi connectivity index (χ4v) is 4.35. The second kappa shape index (κ2) is 7.37. The van der Waals surface area contributed by atoms with E-state index in [1.54, 1.807) is 18.9 Å². The molecular formula is C19H20N2O4S. The Hall–Kier alpha value is -2.54. The fourth-order valence-electron chi connectivity index (χ4n) is 3.10. The number of carbonyl (C=O) groups is 1. The van der Waals surface area contributed by atoms with Gasteiger partial charge in [0.05, 0.1) is 12.8 Å². The van der Waals surface area contributed by atoms with Gasteiger partial charge in [-0.3, -0.25) is 0 Å². The predicted octanol–water partition coefficient (Wildman–Crippen LogP) is 3.75. The Labute approximate surface area is 156 Å². The van der Waals surface area contributed by atoms with Gasteiger partial charge in [0, 0.05) is 12.3 Å². The molecular weight excluding hydrogens is 352 g/mol. The third-order valence-electron chi connectivity index (χ3n) is 4.35. The number of fused-ring (bicyclic) bond motifs is 1. The van der Waals surface area contributed by atoms with E-state index in [-0.39, 0.29) is 11.4 Å². The molecule has 0 radical (unpaired) electrons. The van der Waals surface area contributed by atoms with Gasteiger partial charge < -0.3 is 24.4 Å². The molecule has 4 rings (SSSR count). The van der Waals surface area contributed by atoms with E-state index in [9.17, 15) is 4.79 Å². The molecule has 0 spiro atoms. The van der Waals surface area contributed by atoms with Gasteiger partial charge in [-0.1, -0.05) is 18.2 Å². The van der Waals surface area contributed by atoms with Gasteiger partial charge >= 0.3 is 6.03 Å². The molecule has 2 aliphatic heterocycles. The molecule has 7 heteroatoms. The number of urea groups is 1. The van der Waals surface area contributed by atoms with E-state index >= 15 is 0 Å². The largest absolute Gasteiger partial charge is 0.495 e. The molecule has 2 aromatic rings. The molecule has 2 aromatic carbocycles. The molecule has 0 bridgehead atoms. The molecule has 136 valence electrons. The maximum Gasteiger partial charge on any atom is 0.323 e. The van der Waals surface area contributed by atoms with Crippen LogP contribution in [0, 0.1) is 0 Å². The van der Waals surface area contributed by atoms with Crippen molar-refractivity contribution in [3.8, 4) is 17.2 Å². The van der Waals surface area contributed by atoms with Crippen molar-refractivity contribution in [1.82, 2.24) is 4.90 Å². The van der Waals surface area contributed by atoms with E-state index in [2.05, 4.69) is 5.32 Å². The second-order valence-corrected chi connectivity index (χ2v) is 7.14. The van der Waals surface area contributed by atoms with Gasteiger partial charge in [0.2, 0.25) is 0 Å². The number of methoxy groups -OCH3 is 1. The molecule has 1 fully saturated rings. The Morgan fingerprint density at radius 1 is 1.19 bits per heavy atom. The Morgan fingerprint density at radius 2 is 2.00 bits per heavy atom. The lowest BCUT2D eigenvalue weighted by Gasteiger charge is -2.26. The number of nitrogens with zero attached hydrogens (tertiary/aromatic N) is 1. The quantitative estimate of drug-likeness (QED) is 0.889. The highest BCUT2D eigenvalue weighted by molar-refractivity contribution is 7.99. The molecule has 6 nitrogen and oxygen atoms in total. The van der Waals surface area contributed by atoms with Crippen LogP contribution in [-0.2, 0) is 0 Å². The number of para-hydroxylation sites is 2. The first kappa shape index (κ1) is 16.9. The summed E-state index contributed by atoms with van der Waals surface area (Å²) in [6.45, 7) is 1.80. The van der Waals surface area contributed by atoms with Gasteiger partial charge in [0.25, 0.3) is 0 Å². The van der Waals surface area contributed by atoms with Crippen molar-refractivity contribution in [2.45, 2.75) is 5.37 Å². The van der Waals surface area contributed by atoms with E-state index in [1.807, 2.05) is 47.4 Å². The van der Waals surface area contributed by atoms with Crippen LogP contribution >= 0.6 is 11.8 Å². The van der Waals surface area contributed by atoms with Crippen LogP contribution in [0.25, 0.3) is 0 Å². The van der Waals surface area contributed by atoms with Gasteiger partial charge in [-0.25, -0.2) is 4.79 Å². The summed E-state index contributed by atoms with van der Waals surface area (Å²) in [6, 6.07) is 13.2. The predicted molar refractivity (Wildman–Crippen MR) is 101 cm³/mol. The van der Waals surface area contributed by atoms with Crippen molar-refractivity contribution in [3.63, 3.8) is 0 Å². The monoisotopic (exact) mass is 372 g/mol. The van der Waals surface area contributed by atoms with Gasteiger partial charge in [-0.2, -0.15) is 0 Å². The first-order valence-corrected chi connectivity index (χ1v) is 9.53. The summed E-state index contributed by atoms with van der Waals surface area (Å²) >= 11 is 1.74. The molecule has 0 aromatic heterocycles. The van der Waals surface area contributed by atoms with Crippen LogP contribution in [0.15, 0.2) is 42.5 Å². The van der Waals surface area contributed by atoms with Gasteiger partial charge in [-0.15, -0.1) is 11.8 Å². The molecule has 2 amide bonds. The number of anilines is 1. The summed E-state index contributed by atoms with van der Waals surface area (Å²) in [4.78, 5) is 14.7. The number of benzene rings is 2. The maximum atomic E-state index is 12.8. The van der Waals surface area contributed by atoms with E-state index in [1.165, 1.54) is 0 Å². The van der Waals surface area contributed by atoms with Crippen LogP contribution < -0.4 is 19.5 Å². The van der Waals surface area contributed by atoms with Crippen molar-refractivity contribution in [2.75, 3.05) is 37.9 Å². The second-order valence-electron chi connectivity index (χ2n) is 5.95. The lowest BCUT2D eigenvalue weighted by atomic mass is 10.1. The fraction of sp³-hybridized carbons (Fsp3) is 0.316. The number of thioether (sulfide) groups is 1. The molecule has 0 aliphatic carbocycles. The molecule has 2 aliphatic rings. The van der Waals surface area contributed by atoms with Gasteiger partial charge in [-0.05, 0) is 29.8 Å². The molecule has 2 heterocycles. The number of hydrogen-bond donors (Lipinski definition) is 1. The van der Waals surface area contributed by atoms with Crippen molar-refractivity contribution >= 4 is 23.5 Å². The smallest absolute Gasteiger partial charge is 0.323 e. The normalized spacial score (nSPS) is 18.5. The topological polar surface area (TPSA) is 60.0 Å². The van der Waals surface area contributed by atoms with Crippen LogP contribution in [0.2, 0.25) is 0 Å². The number of amides is 2. The lowest BCUT2D eigenvalue weighted by Crippen LogP contribution is -2.34. The summed E-state index contributed by atoms with van der Waals surface area (Å²) in [5, 5.41) is 2.90. The minimum absolute atomic E-state index is 0.0551. The SMILES string of the molecule is COc1ccccc1NC(=O)N1CCS[C@@H]1c1ccc2c(c1)OCCO2. The number of nitrogens with one attached hydrogen (secondary N) is 1. The molecule has 1 atom stereocenters. The van der Waals surface area contributed by atoms with Gasteiger partial charge in [0.1, 0.15) is 24.3 Å². The van der Waals surface area contributed by atoms with Crippen LogP contribution in [0.5, 0.6) is 17.2 Å². The maximum absolute atomic E-state index is 12.8. The van der Waals surface area contributed by atoms with Crippen molar-refractivity contribution < 1.29 is 19.0 Å². The van der Waals surface area contributed by atoms with E-state index in [0.717, 1.165) is 22.8 Å². The van der Waals surface area contributed by atoms with E-state index in [4.69, 9.17) is 14.2 Å². The van der Waals surface area contributed by atoms with Crippen LogP contribution in [0.1, 0.15) is 10.9 Å². The highest BCUT2D eigenvalue weighted by atomic mass is 32.2. The molecule has 0 unspecified atom stereocenters. The standard InChI is InChI=1S/C19H20N2O4S/c1-23-15-5-3-2-4-14(15)20-19(22)21-8-11-26-18(21)13-6-7-16-17(12-13)25-10-9-24-16/h2-7,12,18H,8-11H2,1H3,(H,20,22)/t18-/m1/s1. The summed E-state index contributed by atoms with van der Waals surface area (Å²) in [6.07, 6.45) is 0. The summed E-state index contributed by atoms with van der Waals surface area (Å²) in [7, 11) is 1.59. The summed E-state index contributed by atoms with van der Waals surface area (Å²) < 4.78 is 16.6.